The highest BCUT2D eigenvalue weighted by Gasteiger charge is 2.18. The van der Waals surface area contributed by atoms with Crippen molar-refractivity contribution in [3.05, 3.63) is 133 Å². The van der Waals surface area contributed by atoms with Crippen molar-refractivity contribution in [1.29, 1.82) is 0 Å². The molecular formula is C34H22N2O. The summed E-state index contributed by atoms with van der Waals surface area (Å²) in [5.74, 6) is 0.674. The van der Waals surface area contributed by atoms with Gasteiger partial charge in [-0.25, -0.2) is 9.97 Å². The Morgan fingerprint density at radius 2 is 0.946 bits per heavy atom. The number of aromatic nitrogens is 2. The molecule has 0 N–H and O–H groups in total. The molecule has 0 aliphatic rings. The Labute approximate surface area is 214 Å². The number of hydrogen-bond donors (Lipinski definition) is 0. The van der Waals surface area contributed by atoms with E-state index in [2.05, 4.69) is 84.9 Å². The fourth-order valence-electron chi connectivity index (χ4n) is 4.86. The topological polar surface area (TPSA) is 38.9 Å². The van der Waals surface area contributed by atoms with Gasteiger partial charge in [0.1, 0.15) is 16.8 Å². The summed E-state index contributed by atoms with van der Waals surface area (Å²) < 4.78 is 6.29. The van der Waals surface area contributed by atoms with Crippen molar-refractivity contribution in [3.63, 3.8) is 0 Å². The first-order valence-corrected chi connectivity index (χ1v) is 12.3. The van der Waals surface area contributed by atoms with Gasteiger partial charge in [0.15, 0.2) is 11.4 Å². The van der Waals surface area contributed by atoms with Gasteiger partial charge in [0, 0.05) is 16.5 Å². The first-order valence-electron chi connectivity index (χ1n) is 12.3. The summed E-state index contributed by atoms with van der Waals surface area (Å²) in [5, 5.41) is 0.987. The van der Waals surface area contributed by atoms with Crippen molar-refractivity contribution >= 4 is 22.1 Å². The molecule has 7 rings (SSSR count). The van der Waals surface area contributed by atoms with Crippen LogP contribution in [0.4, 0.5) is 0 Å². The van der Waals surface area contributed by atoms with Crippen LogP contribution >= 0.6 is 0 Å². The maximum Gasteiger partial charge on any atom is 0.180 e. The second kappa shape index (κ2) is 8.89. The van der Waals surface area contributed by atoms with Crippen LogP contribution < -0.4 is 0 Å². The molecule has 0 saturated heterocycles. The Kier molecular flexibility index (Phi) is 5.11. The molecule has 7 aromatic rings. The van der Waals surface area contributed by atoms with Gasteiger partial charge in [-0.05, 0) is 52.6 Å². The van der Waals surface area contributed by atoms with Crippen molar-refractivity contribution in [2.45, 2.75) is 0 Å². The minimum Gasteiger partial charge on any atom is -0.452 e. The highest BCUT2D eigenvalue weighted by molar-refractivity contribution is 6.07. The average molecular weight is 475 g/mol. The molecule has 3 heteroatoms. The van der Waals surface area contributed by atoms with Gasteiger partial charge in [-0.3, -0.25) is 0 Å². The molecule has 0 atom stereocenters. The van der Waals surface area contributed by atoms with E-state index in [0.29, 0.717) is 11.4 Å². The summed E-state index contributed by atoms with van der Waals surface area (Å²) in [4.78, 5) is 10.2. The molecule has 0 spiro atoms. The third-order valence-corrected chi connectivity index (χ3v) is 6.67. The van der Waals surface area contributed by atoms with Crippen LogP contribution in [-0.4, -0.2) is 9.97 Å². The summed E-state index contributed by atoms with van der Waals surface area (Å²) in [7, 11) is 0. The Morgan fingerprint density at radius 3 is 1.57 bits per heavy atom. The molecule has 0 amide bonds. The van der Waals surface area contributed by atoms with Crippen molar-refractivity contribution in [2.24, 2.45) is 0 Å². The number of hydrogen-bond acceptors (Lipinski definition) is 3. The minimum atomic E-state index is 0.674. The highest BCUT2D eigenvalue weighted by atomic mass is 16.3. The van der Waals surface area contributed by atoms with Crippen molar-refractivity contribution in [1.82, 2.24) is 9.97 Å². The lowest BCUT2D eigenvalue weighted by molar-refractivity contribution is 0.667. The maximum atomic E-state index is 6.29. The van der Waals surface area contributed by atoms with E-state index in [1.165, 1.54) is 0 Å². The fraction of sp³-hybridized carbons (Fsp3) is 0. The summed E-state index contributed by atoms with van der Waals surface area (Å²) in [6.45, 7) is 0. The molecule has 0 unspecified atom stereocenters. The highest BCUT2D eigenvalue weighted by Crippen LogP contribution is 2.37. The molecule has 37 heavy (non-hydrogen) atoms. The number of rotatable bonds is 4. The van der Waals surface area contributed by atoms with E-state index in [4.69, 9.17) is 14.4 Å². The van der Waals surface area contributed by atoms with E-state index >= 15 is 0 Å². The van der Waals surface area contributed by atoms with Crippen LogP contribution in [0.5, 0.6) is 0 Å². The van der Waals surface area contributed by atoms with Crippen LogP contribution in [0.2, 0.25) is 0 Å². The summed E-state index contributed by atoms with van der Waals surface area (Å²) in [5.41, 5.74) is 9.65. The standard InChI is InChI=1S/C34H22N2O/c1-4-12-23(13-5-1)26-20-27(24-14-6-2-7-15-24)22-28(21-26)34-35-31(25-16-8-3-9-17-25)33-32(36-34)29-18-10-11-19-30(29)37-33/h1-22H. The molecule has 0 aliphatic carbocycles. The van der Waals surface area contributed by atoms with E-state index in [0.717, 1.165) is 55.6 Å². The molecule has 5 aromatic carbocycles. The lowest BCUT2D eigenvalue weighted by atomic mass is 9.95. The smallest absolute Gasteiger partial charge is 0.180 e. The molecule has 0 radical (unpaired) electrons. The van der Waals surface area contributed by atoms with Crippen LogP contribution in [0.15, 0.2) is 138 Å². The van der Waals surface area contributed by atoms with E-state index in [-0.39, 0.29) is 0 Å². The number of nitrogens with zero attached hydrogens (tertiary/aromatic N) is 2. The van der Waals surface area contributed by atoms with Gasteiger partial charge in [0.25, 0.3) is 0 Å². The SMILES string of the molecule is c1ccc(-c2cc(-c3ccccc3)cc(-c3nc(-c4ccccc4)c4oc5ccccc5c4n3)c2)cc1. The largest absolute Gasteiger partial charge is 0.452 e. The van der Waals surface area contributed by atoms with E-state index in [9.17, 15) is 0 Å². The van der Waals surface area contributed by atoms with Gasteiger partial charge in [0.05, 0.1) is 0 Å². The van der Waals surface area contributed by atoms with E-state index in [1.807, 2.05) is 48.5 Å². The molecule has 2 heterocycles. The van der Waals surface area contributed by atoms with E-state index in [1.54, 1.807) is 0 Å². The minimum absolute atomic E-state index is 0.674. The van der Waals surface area contributed by atoms with Crippen LogP contribution in [-0.2, 0) is 0 Å². The lowest BCUT2D eigenvalue weighted by Crippen LogP contribution is -1.95. The molecule has 0 fully saturated rings. The third-order valence-electron chi connectivity index (χ3n) is 6.67. The van der Waals surface area contributed by atoms with Crippen LogP contribution in [0, 0.1) is 0 Å². The molecular weight excluding hydrogens is 452 g/mol. The molecule has 0 saturated carbocycles. The Morgan fingerprint density at radius 1 is 0.432 bits per heavy atom. The summed E-state index contributed by atoms with van der Waals surface area (Å²) >= 11 is 0. The molecule has 174 valence electrons. The third kappa shape index (κ3) is 3.87. The second-order valence-electron chi connectivity index (χ2n) is 9.07. The average Bonchev–Trinajstić information content (AvgIpc) is 3.36. The number of furan rings is 1. The summed E-state index contributed by atoms with van der Waals surface area (Å²) in [6.07, 6.45) is 0. The van der Waals surface area contributed by atoms with Gasteiger partial charge in [-0.2, -0.15) is 0 Å². The maximum absolute atomic E-state index is 6.29. The fourth-order valence-corrected chi connectivity index (χ4v) is 4.86. The van der Waals surface area contributed by atoms with Gasteiger partial charge in [-0.1, -0.05) is 103 Å². The predicted octanol–water partition coefficient (Wildman–Crippen LogP) is 9.04. The number of fused-ring (bicyclic) bond motifs is 3. The number of benzene rings is 5. The zero-order valence-corrected chi connectivity index (χ0v) is 20.0. The lowest BCUT2D eigenvalue weighted by Gasteiger charge is -2.11. The van der Waals surface area contributed by atoms with E-state index < -0.39 is 0 Å². The van der Waals surface area contributed by atoms with Gasteiger partial charge in [-0.15, -0.1) is 0 Å². The molecule has 0 aliphatic heterocycles. The zero-order valence-electron chi connectivity index (χ0n) is 20.0. The zero-order chi connectivity index (χ0) is 24.6. The van der Waals surface area contributed by atoms with Crippen LogP contribution in [0.1, 0.15) is 0 Å². The van der Waals surface area contributed by atoms with Gasteiger partial charge >= 0.3 is 0 Å². The van der Waals surface area contributed by atoms with Crippen molar-refractivity contribution in [3.8, 4) is 44.9 Å². The van der Waals surface area contributed by atoms with Crippen molar-refractivity contribution < 1.29 is 4.42 Å². The van der Waals surface area contributed by atoms with Gasteiger partial charge in [0.2, 0.25) is 0 Å². The Bertz CT molecular complexity index is 1800. The second-order valence-corrected chi connectivity index (χ2v) is 9.07. The van der Waals surface area contributed by atoms with Crippen LogP contribution in [0.3, 0.4) is 0 Å². The quantitative estimate of drug-likeness (QED) is 0.255. The molecule has 0 bridgehead atoms. The Hall–Kier alpha value is -5.02. The molecule has 2 aromatic heterocycles. The summed E-state index contributed by atoms with van der Waals surface area (Å²) in [6, 6.07) is 45.7. The van der Waals surface area contributed by atoms with Crippen LogP contribution in [0.25, 0.3) is 67.0 Å². The molecule has 3 nitrogen and oxygen atoms in total. The predicted molar refractivity (Wildman–Crippen MR) is 151 cm³/mol. The first kappa shape index (κ1) is 21.3. The van der Waals surface area contributed by atoms with Crippen molar-refractivity contribution in [2.75, 3.05) is 0 Å². The Balaban J connectivity index is 1.52. The monoisotopic (exact) mass is 474 g/mol. The number of para-hydroxylation sites is 1. The first-order chi connectivity index (χ1) is 18.3. The normalized spacial score (nSPS) is 11.2. The van der Waals surface area contributed by atoms with Gasteiger partial charge < -0.3 is 4.42 Å².